The van der Waals surface area contributed by atoms with Crippen LogP contribution in [-0.4, -0.2) is 57.2 Å². The van der Waals surface area contributed by atoms with Crippen LogP contribution in [0.3, 0.4) is 0 Å². The van der Waals surface area contributed by atoms with E-state index in [1.54, 1.807) is 36.4 Å². The average molecular weight is 484 g/mol. The van der Waals surface area contributed by atoms with Crippen molar-refractivity contribution in [3.63, 3.8) is 0 Å². The number of esters is 1. The number of halogens is 1. The van der Waals surface area contributed by atoms with Crippen molar-refractivity contribution in [3.8, 4) is 5.75 Å². The van der Waals surface area contributed by atoms with Gasteiger partial charge in [0.05, 0.1) is 25.5 Å². The number of anilines is 1. The molecule has 0 atom stereocenters. The highest BCUT2D eigenvalue weighted by Crippen LogP contribution is 2.36. The molecule has 2 aliphatic rings. The molecule has 0 unspecified atom stereocenters. The summed E-state index contributed by atoms with van der Waals surface area (Å²) in [5.41, 5.74) is -0.0148. The summed E-state index contributed by atoms with van der Waals surface area (Å²) in [7, 11) is 2.74. The molecule has 0 spiro atoms. The highest BCUT2D eigenvalue weighted by molar-refractivity contribution is 6.02. The zero-order valence-electron chi connectivity index (χ0n) is 19.9. The Morgan fingerprint density at radius 3 is 2.43 bits per heavy atom. The fourth-order valence-corrected chi connectivity index (χ4v) is 4.52. The molecule has 1 saturated heterocycles. The quantitative estimate of drug-likeness (QED) is 0.561. The standard InChI is InChI=1S/C26H30FN3O5/c1-34-21-9-4-3-6-18(21)23(31)29-26(12-13-26)25(33)28-16-17-10-14-30(15-11-17)20-8-5-7-19(27)22(20)24(32)35-2/h3-9,17H,10-16H2,1-2H3,(H,28,33)(H,29,31). The van der Waals surface area contributed by atoms with Crippen LogP contribution in [0.2, 0.25) is 0 Å². The van der Waals surface area contributed by atoms with Crippen molar-refractivity contribution in [1.29, 1.82) is 0 Å². The third-order valence-electron chi connectivity index (χ3n) is 6.78. The summed E-state index contributed by atoms with van der Waals surface area (Å²) in [6.45, 7) is 1.75. The highest BCUT2D eigenvalue weighted by atomic mass is 19.1. The smallest absolute Gasteiger partial charge is 0.342 e. The largest absolute Gasteiger partial charge is 0.496 e. The second kappa shape index (κ2) is 10.3. The van der Waals surface area contributed by atoms with Crippen LogP contribution in [0.25, 0.3) is 0 Å². The van der Waals surface area contributed by atoms with Crippen molar-refractivity contribution in [2.45, 2.75) is 31.2 Å². The van der Waals surface area contributed by atoms with Gasteiger partial charge in [-0.25, -0.2) is 9.18 Å². The van der Waals surface area contributed by atoms with Gasteiger partial charge in [-0.2, -0.15) is 0 Å². The summed E-state index contributed by atoms with van der Waals surface area (Å²) in [5, 5.41) is 5.89. The van der Waals surface area contributed by atoms with Crippen LogP contribution in [0.4, 0.5) is 10.1 Å². The monoisotopic (exact) mass is 483 g/mol. The third kappa shape index (κ3) is 5.23. The Balaban J connectivity index is 1.30. The summed E-state index contributed by atoms with van der Waals surface area (Å²) in [6.07, 6.45) is 2.73. The normalized spacial score (nSPS) is 16.8. The highest BCUT2D eigenvalue weighted by Gasteiger charge is 2.51. The minimum absolute atomic E-state index is 0.0526. The van der Waals surface area contributed by atoms with E-state index in [0.29, 0.717) is 49.5 Å². The summed E-state index contributed by atoms with van der Waals surface area (Å²) in [5.74, 6) is -1.11. The molecule has 2 N–H and O–H groups in total. The maximum Gasteiger partial charge on any atom is 0.342 e. The maximum atomic E-state index is 14.3. The van der Waals surface area contributed by atoms with Crippen molar-refractivity contribution in [1.82, 2.24) is 10.6 Å². The van der Waals surface area contributed by atoms with E-state index in [1.165, 1.54) is 20.3 Å². The number of carbonyl (C=O) groups excluding carboxylic acids is 3. The second-order valence-corrected chi connectivity index (χ2v) is 9.00. The van der Waals surface area contributed by atoms with Crippen LogP contribution >= 0.6 is 0 Å². The van der Waals surface area contributed by atoms with E-state index in [-0.39, 0.29) is 23.3 Å². The summed E-state index contributed by atoms with van der Waals surface area (Å²) in [4.78, 5) is 39.7. The minimum Gasteiger partial charge on any atom is -0.496 e. The van der Waals surface area contributed by atoms with Gasteiger partial charge in [0.25, 0.3) is 5.91 Å². The van der Waals surface area contributed by atoms with E-state index in [2.05, 4.69) is 10.6 Å². The number of hydrogen-bond acceptors (Lipinski definition) is 6. The van der Waals surface area contributed by atoms with Crippen LogP contribution in [0, 0.1) is 11.7 Å². The summed E-state index contributed by atoms with van der Waals surface area (Å²) < 4.78 is 24.3. The number of piperidine rings is 1. The first-order valence-electron chi connectivity index (χ1n) is 11.7. The van der Waals surface area contributed by atoms with E-state index >= 15 is 0 Å². The van der Waals surface area contributed by atoms with E-state index in [1.807, 2.05) is 4.90 Å². The fraction of sp³-hybridized carbons (Fsp3) is 0.423. The van der Waals surface area contributed by atoms with Crippen molar-refractivity contribution in [2.75, 3.05) is 38.8 Å². The van der Waals surface area contributed by atoms with Gasteiger partial charge in [-0.15, -0.1) is 0 Å². The summed E-state index contributed by atoms with van der Waals surface area (Å²) >= 11 is 0. The molecule has 9 heteroatoms. The maximum absolute atomic E-state index is 14.3. The predicted octanol–water partition coefficient (Wildman–Crippen LogP) is 2.92. The van der Waals surface area contributed by atoms with Crippen LogP contribution in [0.5, 0.6) is 5.75 Å². The third-order valence-corrected chi connectivity index (χ3v) is 6.78. The van der Waals surface area contributed by atoms with E-state index < -0.39 is 17.3 Å². The zero-order chi connectivity index (χ0) is 25.0. The molecule has 2 fully saturated rings. The average Bonchev–Trinajstić information content (AvgIpc) is 3.67. The molecule has 1 saturated carbocycles. The van der Waals surface area contributed by atoms with E-state index in [9.17, 15) is 18.8 Å². The Kier molecular flexibility index (Phi) is 7.23. The zero-order valence-corrected chi connectivity index (χ0v) is 19.9. The minimum atomic E-state index is -0.879. The van der Waals surface area contributed by atoms with E-state index in [0.717, 1.165) is 12.8 Å². The molecule has 2 amide bonds. The van der Waals surface area contributed by atoms with Crippen molar-refractivity contribution in [2.24, 2.45) is 5.92 Å². The topological polar surface area (TPSA) is 97.0 Å². The lowest BCUT2D eigenvalue weighted by Crippen LogP contribution is -2.50. The number of amides is 2. The molecule has 2 aromatic rings. The predicted molar refractivity (Wildman–Crippen MR) is 128 cm³/mol. The number of nitrogens with zero attached hydrogens (tertiary/aromatic N) is 1. The molecule has 1 heterocycles. The number of methoxy groups -OCH3 is 2. The molecule has 186 valence electrons. The first kappa shape index (κ1) is 24.5. The van der Waals surface area contributed by atoms with Gasteiger partial charge in [0, 0.05) is 19.6 Å². The molecule has 1 aliphatic carbocycles. The lowest BCUT2D eigenvalue weighted by molar-refractivity contribution is -0.124. The van der Waals surface area contributed by atoms with Gasteiger partial charge < -0.3 is 25.0 Å². The Morgan fingerprint density at radius 1 is 1.06 bits per heavy atom. The molecule has 8 nitrogen and oxygen atoms in total. The van der Waals surface area contributed by atoms with Crippen molar-refractivity contribution in [3.05, 3.63) is 59.4 Å². The van der Waals surface area contributed by atoms with Crippen LogP contribution < -0.4 is 20.3 Å². The molecule has 2 aromatic carbocycles. The van der Waals surface area contributed by atoms with Gasteiger partial charge in [-0.1, -0.05) is 18.2 Å². The van der Waals surface area contributed by atoms with Crippen LogP contribution in [0.15, 0.2) is 42.5 Å². The molecule has 0 aromatic heterocycles. The first-order chi connectivity index (χ1) is 16.9. The van der Waals surface area contributed by atoms with Gasteiger partial charge in [0.15, 0.2) is 0 Å². The molecule has 35 heavy (non-hydrogen) atoms. The van der Waals surface area contributed by atoms with Gasteiger partial charge in [-0.3, -0.25) is 9.59 Å². The van der Waals surface area contributed by atoms with Crippen molar-refractivity contribution >= 4 is 23.5 Å². The van der Waals surface area contributed by atoms with Crippen LogP contribution in [-0.2, 0) is 9.53 Å². The number of rotatable bonds is 8. The number of nitrogens with one attached hydrogen (secondary N) is 2. The number of benzene rings is 2. The first-order valence-corrected chi connectivity index (χ1v) is 11.7. The second-order valence-electron chi connectivity index (χ2n) is 9.00. The van der Waals surface area contributed by atoms with Crippen molar-refractivity contribution < 1.29 is 28.2 Å². The Hall–Kier alpha value is -3.62. The Bertz CT molecular complexity index is 1110. The molecule has 1 aliphatic heterocycles. The number of ether oxygens (including phenoxy) is 2. The number of hydrogen-bond donors (Lipinski definition) is 2. The lowest BCUT2D eigenvalue weighted by Gasteiger charge is -2.34. The van der Waals surface area contributed by atoms with Gasteiger partial charge in [0.2, 0.25) is 5.91 Å². The van der Waals surface area contributed by atoms with Gasteiger partial charge in [-0.05, 0) is 55.9 Å². The van der Waals surface area contributed by atoms with Gasteiger partial charge >= 0.3 is 5.97 Å². The molecular weight excluding hydrogens is 453 g/mol. The molecular formula is C26H30FN3O5. The number of para-hydroxylation sites is 1. The van der Waals surface area contributed by atoms with E-state index in [4.69, 9.17) is 9.47 Å². The fourth-order valence-electron chi connectivity index (χ4n) is 4.52. The Labute approximate surface area is 203 Å². The molecule has 0 bridgehead atoms. The SMILES string of the molecule is COC(=O)c1c(F)cccc1N1CCC(CNC(=O)C2(NC(=O)c3ccccc3OC)CC2)CC1. The number of carbonyl (C=O) groups is 3. The summed E-state index contributed by atoms with van der Waals surface area (Å²) in [6, 6.07) is 11.5. The Morgan fingerprint density at radius 2 is 1.77 bits per heavy atom. The molecule has 0 radical (unpaired) electrons. The van der Waals surface area contributed by atoms with Crippen LogP contribution in [0.1, 0.15) is 46.4 Å². The van der Waals surface area contributed by atoms with Gasteiger partial charge in [0.1, 0.15) is 22.7 Å². The molecule has 4 rings (SSSR count). The lowest BCUT2D eigenvalue weighted by atomic mass is 9.95.